The van der Waals surface area contributed by atoms with E-state index in [0.29, 0.717) is 22.7 Å². The summed E-state index contributed by atoms with van der Waals surface area (Å²) in [4.78, 5) is 12.8. The highest BCUT2D eigenvalue weighted by Crippen LogP contribution is 2.30. The highest BCUT2D eigenvalue weighted by atomic mass is 19.4. The third kappa shape index (κ3) is 4.03. The molecule has 4 rings (SSSR count). The molecule has 0 atom stereocenters. The Morgan fingerprint density at radius 3 is 2.50 bits per heavy atom. The van der Waals surface area contributed by atoms with Gasteiger partial charge in [-0.3, -0.25) is 4.79 Å². The summed E-state index contributed by atoms with van der Waals surface area (Å²) in [5.74, 6) is 0.283. The van der Waals surface area contributed by atoms with Crippen LogP contribution in [-0.2, 0) is 19.3 Å². The predicted octanol–water partition coefficient (Wildman–Crippen LogP) is 4.81. The maximum atomic E-state index is 12.8. The number of anilines is 1. The van der Waals surface area contributed by atoms with Crippen LogP contribution in [0.1, 0.15) is 27.4 Å². The lowest BCUT2D eigenvalue weighted by molar-refractivity contribution is -0.137. The van der Waals surface area contributed by atoms with E-state index in [0.717, 1.165) is 23.0 Å². The third-order valence-corrected chi connectivity index (χ3v) is 4.78. The molecule has 5 nitrogen and oxygen atoms in total. The number of rotatable bonds is 5. The average Bonchev–Trinajstić information content (AvgIpc) is 3.34. The van der Waals surface area contributed by atoms with Crippen LogP contribution in [0.3, 0.4) is 0 Å². The van der Waals surface area contributed by atoms with Crippen molar-refractivity contribution in [1.29, 1.82) is 0 Å². The van der Waals surface area contributed by atoms with Crippen LogP contribution in [0.2, 0.25) is 0 Å². The van der Waals surface area contributed by atoms with E-state index in [1.165, 1.54) is 18.4 Å². The molecule has 0 aliphatic rings. The fourth-order valence-corrected chi connectivity index (χ4v) is 3.30. The van der Waals surface area contributed by atoms with Gasteiger partial charge in [-0.2, -0.15) is 13.2 Å². The van der Waals surface area contributed by atoms with E-state index in [4.69, 9.17) is 10.2 Å². The van der Waals surface area contributed by atoms with Crippen molar-refractivity contribution in [3.63, 3.8) is 0 Å². The maximum absolute atomic E-state index is 12.8. The molecule has 0 aliphatic heterocycles. The second-order valence-corrected chi connectivity index (χ2v) is 6.89. The molecule has 0 unspecified atom stereocenters. The van der Waals surface area contributed by atoms with E-state index in [2.05, 4.69) is 5.32 Å². The second-order valence-electron chi connectivity index (χ2n) is 6.89. The minimum absolute atomic E-state index is 0.218. The average molecular weight is 413 g/mol. The zero-order chi connectivity index (χ0) is 21.3. The van der Waals surface area contributed by atoms with Crippen LogP contribution < -0.4 is 11.1 Å². The van der Waals surface area contributed by atoms with Crippen molar-refractivity contribution in [3.8, 4) is 0 Å². The molecule has 0 bridgehead atoms. The smallest absolute Gasteiger partial charge is 0.416 e. The molecule has 154 valence electrons. The summed E-state index contributed by atoms with van der Waals surface area (Å²) in [6.07, 6.45) is -2.88. The first kappa shape index (κ1) is 19.6. The number of benzene rings is 2. The van der Waals surface area contributed by atoms with Gasteiger partial charge in [-0.1, -0.05) is 12.1 Å². The first-order valence-electron chi connectivity index (χ1n) is 9.17. The summed E-state index contributed by atoms with van der Waals surface area (Å²) >= 11 is 0. The van der Waals surface area contributed by atoms with Gasteiger partial charge in [0.25, 0.3) is 5.91 Å². The number of alkyl halides is 3. The number of nitrogens with zero attached hydrogens (tertiary/aromatic N) is 1. The van der Waals surface area contributed by atoms with Gasteiger partial charge < -0.3 is 20.0 Å². The highest BCUT2D eigenvalue weighted by Gasteiger charge is 2.30. The summed E-state index contributed by atoms with van der Waals surface area (Å²) in [6.45, 7) is 0.449. The molecule has 2 aromatic carbocycles. The minimum Gasteiger partial charge on any atom is -0.467 e. The van der Waals surface area contributed by atoms with Crippen LogP contribution in [0, 0.1) is 0 Å². The van der Waals surface area contributed by atoms with E-state index in [9.17, 15) is 18.0 Å². The van der Waals surface area contributed by atoms with E-state index >= 15 is 0 Å². The zero-order valence-corrected chi connectivity index (χ0v) is 15.7. The Labute approximate surface area is 169 Å². The standard InChI is InChI=1S/C22H18F3N3O2/c23-22(24,25)16-5-3-14(4-6-16)13-28-19-8-7-17(26)10-15(19)11-20(28)21(29)27-12-18-2-1-9-30-18/h1-11H,12-13,26H2,(H,27,29). The molecule has 0 saturated heterocycles. The molecule has 3 N–H and O–H groups in total. The Morgan fingerprint density at radius 2 is 1.83 bits per heavy atom. The Balaban J connectivity index is 1.66. The molecule has 4 aromatic rings. The van der Waals surface area contributed by atoms with E-state index in [1.807, 2.05) is 0 Å². The van der Waals surface area contributed by atoms with Crippen LogP contribution in [0.5, 0.6) is 0 Å². The topological polar surface area (TPSA) is 73.2 Å². The highest BCUT2D eigenvalue weighted by molar-refractivity contribution is 5.99. The van der Waals surface area contributed by atoms with Crippen molar-refractivity contribution < 1.29 is 22.4 Å². The Bertz CT molecular complexity index is 1180. The lowest BCUT2D eigenvalue weighted by atomic mass is 10.1. The number of carbonyl (C=O) groups excluding carboxylic acids is 1. The van der Waals surface area contributed by atoms with E-state index in [-0.39, 0.29) is 19.0 Å². The van der Waals surface area contributed by atoms with Gasteiger partial charge in [0.2, 0.25) is 0 Å². The maximum Gasteiger partial charge on any atom is 0.416 e. The fraction of sp³-hybridized carbons (Fsp3) is 0.136. The van der Waals surface area contributed by atoms with Crippen molar-refractivity contribution in [2.24, 2.45) is 0 Å². The van der Waals surface area contributed by atoms with Crippen molar-refractivity contribution in [2.75, 3.05) is 5.73 Å². The van der Waals surface area contributed by atoms with Crippen LogP contribution in [-0.4, -0.2) is 10.5 Å². The number of nitrogen functional groups attached to an aromatic ring is 1. The molecule has 0 aliphatic carbocycles. The Morgan fingerprint density at radius 1 is 1.07 bits per heavy atom. The van der Waals surface area contributed by atoms with Gasteiger partial charge in [0, 0.05) is 23.1 Å². The van der Waals surface area contributed by atoms with Gasteiger partial charge in [-0.05, 0) is 54.1 Å². The molecule has 30 heavy (non-hydrogen) atoms. The number of aromatic nitrogens is 1. The lowest BCUT2D eigenvalue weighted by Crippen LogP contribution is -2.25. The summed E-state index contributed by atoms with van der Waals surface area (Å²) in [6, 6.07) is 15.4. The van der Waals surface area contributed by atoms with Crippen molar-refractivity contribution in [2.45, 2.75) is 19.3 Å². The molecular weight excluding hydrogens is 395 g/mol. The number of furan rings is 1. The molecule has 8 heteroatoms. The molecule has 1 amide bonds. The minimum atomic E-state index is -4.40. The molecule has 0 spiro atoms. The molecule has 0 radical (unpaired) electrons. The Kier molecular flexibility index (Phi) is 4.99. The molecule has 2 heterocycles. The normalized spacial score (nSPS) is 11.7. The number of fused-ring (bicyclic) bond motifs is 1. The van der Waals surface area contributed by atoms with Gasteiger partial charge in [-0.15, -0.1) is 0 Å². The number of hydrogen-bond donors (Lipinski definition) is 2. The summed E-state index contributed by atoms with van der Waals surface area (Å²) in [5, 5.41) is 3.57. The summed E-state index contributed by atoms with van der Waals surface area (Å²) in [7, 11) is 0. The molecular formula is C22H18F3N3O2. The van der Waals surface area contributed by atoms with Gasteiger partial charge in [0.1, 0.15) is 11.5 Å². The number of halogens is 3. The van der Waals surface area contributed by atoms with Crippen molar-refractivity contribution in [1.82, 2.24) is 9.88 Å². The van der Waals surface area contributed by atoms with Crippen LogP contribution in [0.4, 0.5) is 18.9 Å². The monoisotopic (exact) mass is 413 g/mol. The van der Waals surface area contributed by atoms with Crippen molar-refractivity contribution in [3.05, 3.63) is 89.5 Å². The Hall–Kier alpha value is -3.68. The molecule has 0 fully saturated rings. The fourth-order valence-electron chi connectivity index (χ4n) is 3.30. The SMILES string of the molecule is Nc1ccc2c(c1)cc(C(=O)NCc1ccco1)n2Cc1ccc(C(F)(F)F)cc1. The first-order valence-corrected chi connectivity index (χ1v) is 9.17. The quantitative estimate of drug-likeness (QED) is 0.461. The zero-order valence-electron chi connectivity index (χ0n) is 15.7. The first-order chi connectivity index (χ1) is 14.3. The largest absolute Gasteiger partial charge is 0.467 e. The predicted molar refractivity (Wildman–Crippen MR) is 107 cm³/mol. The summed E-state index contributed by atoms with van der Waals surface area (Å²) in [5.41, 5.74) is 7.47. The lowest BCUT2D eigenvalue weighted by Gasteiger charge is -2.12. The van der Waals surface area contributed by atoms with Gasteiger partial charge in [0.05, 0.1) is 18.4 Å². The third-order valence-electron chi connectivity index (χ3n) is 4.78. The number of amides is 1. The van der Waals surface area contributed by atoms with Gasteiger partial charge >= 0.3 is 6.18 Å². The number of nitrogens with one attached hydrogen (secondary N) is 1. The molecule has 2 aromatic heterocycles. The van der Waals surface area contributed by atoms with Crippen LogP contribution >= 0.6 is 0 Å². The second kappa shape index (κ2) is 7.62. The van der Waals surface area contributed by atoms with E-state index in [1.54, 1.807) is 41.0 Å². The van der Waals surface area contributed by atoms with Crippen LogP contribution in [0.15, 0.2) is 71.3 Å². The van der Waals surface area contributed by atoms with Gasteiger partial charge in [0.15, 0.2) is 0 Å². The van der Waals surface area contributed by atoms with Gasteiger partial charge in [-0.25, -0.2) is 0 Å². The number of nitrogens with two attached hydrogens (primary N) is 1. The molecule has 0 saturated carbocycles. The number of hydrogen-bond acceptors (Lipinski definition) is 3. The van der Waals surface area contributed by atoms with Crippen molar-refractivity contribution >= 4 is 22.5 Å². The summed E-state index contributed by atoms with van der Waals surface area (Å²) < 4.78 is 45.5. The number of carbonyl (C=O) groups is 1. The van der Waals surface area contributed by atoms with E-state index < -0.39 is 11.7 Å². The van der Waals surface area contributed by atoms with Crippen LogP contribution in [0.25, 0.3) is 10.9 Å².